The third-order valence-corrected chi connectivity index (χ3v) is 3.86. The van der Waals surface area contributed by atoms with Crippen molar-refractivity contribution in [1.82, 2.24) is 0 Å². The van der Waals surface area contributed by atoms with Crippen molar-refractivity contribution < 1.29 is 14.3 Å². The van der Waals surface area contributed by atoms with Gasteiger partial charge >= 0.3 is 5.97 Å². The number of rotatable bonds is 6. The Morgan fingerprint density at radius 2 is 1.96 bits per heavy atom. The number of carbonyl (C=O) groups excluding carboxylic acids is 1. The zero-order valence-electron chi connectivity index (χ0n) is 12.9. The number of methoxy groups -OCH3 is 1. The average Bonchev–Trinajstić information content (AvgIpc) is 2.55. The van der Waals surface area contributed by atoms with E-state index >= 15 is 0 Å². The van der Waals surface area contributed by atoms with Crippen LogP contribution in [0.3, 0.4) is 0 Å². The molecule has 4 nitrogen and oxygen atoms in total. The van der Waals surface area contributed by atoms with Crippen molar-refractivity contribution >= 4 is 34.9 Å². The molecule has 2 rings (SSSR count). The summed E-state index contributed by atoms with van der Waals surface area (Å²) in [5, 5.41) is 4.32. The monoisotopic (exact) mass is 353 g/mol. The lowest BCUT2D eigenvalue weighted by atomic mass is 10.2. The Kier molecular flexibility index (Phi) is 6.13. The van der Waals surface area contributed by atoms with Crippen LogP contribution in [0.15, 0.2) is 36.4 Å². The summed E-state index contributed by atoms with van der Waals surface area (Å²) in [5.74, 6) is 0.308. The van der Waals surface area contributed by atoms with Crippen LogP contribution in [0.5, 0.6) is 5.75 Å². The zero-order chi connectivity index (χ0) is 16.8. The van der Waals surface area contributed by atoms with Gasteiger partial charge in [-0.1, -0.05) is 23.2 Å². The molecule has 0 aromatic heterocycles. The van der Waals surface area contributed by atoms with Gasteiger partial charge in [0.1, 0.15) is 12.4 Å². The Balaban J connectivity index is 1.93. The van der Waals surface area contributed by atoms with Crippen LogP contribution in [0.4, 0.5) is 5.69 Å². The molecule has 0 unspecified atom stereocenters. The van der Waals surface area contributed by atoms with Gasteiger partial charge in [-0.2, -0.15) is 0 Å². The molecule has 0 atom stereocenters. The Morgan fingerprint density at radius 1 is 1.17 bits per heavy atom. The van der Waals surface area contributed by atoms with Crippen molar-refractivity contribution in [3.8, 4) is 5.75 Å². The van der Waals surface area contributed by atoms with Crippen molar-refractivity contribution in [3.63, 3.8) is 0 Å². The largest absolute Gasteiger partial charge is 0.492 e. The lowest BCUT2D eigenvalue weighted by Gasteiger charge is -2.12. The highest BCUT2D eigenvalue weighted by Gasteiger charge is 2.12. The second-order valence-electron chi connectivity index (χ2n) is 4.87. The normalized spacial score (nSPS) is 10.3. The molecular formula is C17H17Cl2NO3. The molecule has 0 heterocycles. The third-order valence-electron chi connectivity index (χ3n) is 3.20. The molecule has 23 heavy (non-hydrogen) atoms. The average molecular weight is 354 g/mol. The first kappa shape index (κ1) is 17.4. The summed E-state index contributed by atoms with van der Waals surface area (Å²) in [6, 6.07) is 10.5. The maximum Gasteiger partial charge on any atom is 0.340 e. The number of hydrogen-bond acceptors (Lipinski definition) is 4. The number of aryl methyl sites for hydroxylation is 1. The molecule has 6 heteroatoms. The smallest absolute Gasteiger partial charge is 0.340 e. The van der Waals surface area contributed by atoms with Gasteiger partial charge in [0.2, 0.25) is 0 Å². The molecule has 0 aliphatic rings. The van der Waals surface area contributed by atoms with Crippen molar-refractivity contribution in [2.75, 3.05) is 25.6 Å². The van der Waals surface area contributed by atoms with E-state index in [0.717, 1.165) is 11.3 Å². The lowest BCUT2D eigenvalue weighted by molar-refractivity contribution is 0.0602. The van der Waals surface area contributed by atoms with Gasteiger partial charge in [-0.25, -0.2) is 4.79 Å². The van der Waals surface area contributed by atoms with Crippen LogP contribution >= 0.6 is 23.2 Å². The van der Waals surface area contributed by atoms with Crippen LogP contribution in [-0.4, -0.2) is 26.2 Å². The molecule has 0 aliphatic carbocycles. The molecule has 0 bridgehead atoms. The number of anilines is 1. The zero-order valence-corrected chi connectivity index (χ0v) is 14.4. The lowest BCUT2D eigenvalue weighted by Crippen LogP contribution is -2.14. The van der Waals surface area contributed by atoms with E-state index in [4.69, 9.17) is 32.7 Å². The maximum atomic E-state index is 11.7. The standard InChI is InChI=1S/C17H17Cl2NO3/c1-11-9-13(4-5-15(11)19)23-8-7-20-16-6-3-12(18)10-14(16)17(21)22-2/h3-6,9-10,20H,7-8H2,1-2H3. The maximum absolute atomic E-state index is 11.7. The fraction of sp³-hybridized carbons (Fsp3) is 0.235. The Hall–Kier alpha value is -1.91. The van der Waals surface area contributed by atoms with E-state index in [0.29, 0.717) is 34.4 Å². The molecule has 2 aromatic rings. The molecule has 0 fully saturated rings. The number of esters is 1. The summed E-state index contributed by atoms with van der Waals surface area (Å²) >= 11 is 11.9. The summed E-state index contributed by atoms with van der Waals surface area (Å²) in [4.78, 5) is 11.7. The molecule has 2 aromatic carbocycles. The van der Waals surface area contributed by atoms with E-state index in [1.807, 2.05) is 19.1 Å². The highest BCUT2D eigenvalue weighted by molar-refractivity contribution is 6.31. The molecule has 1 N–H and O–H groups in total. The molecule has 0 saturated heterocycles. The van der Waals surface area contributed by atoms with Crippen LogP contribution in [0.25, 0.3) is 0 Å². The van der Waals surface area contributed by atoms with Crippen molar-refractivity contribution in [2.24, 2.45) is 0 Å². The molecule has 0 radical (unpaired) electrons. The van der Waals surface area contributed by atoms with E-state index in [1.54, 1.807) is 24.3 Å². The fourth-order valence-corrected chi connectivity index (χ4v) is 2.30. The van der Waals surface area contributed by atoms with E-state index < -0.39 is 5.97 Å². The molecule has 0 saturated carbocycles. The van der Waals surface area contributed by atoms with Gasteiger partial charge < -0.3 is 14.8 Å². The van der Waals surface area contributed by atoms with Crippen LogP contribution in [0.2, 0.25) is 10.0 Å². The van der Waals surface area contributed by atoms with Crippen LogP contribution < -0.4 is 10.1 Å². The van der Waals surface area contributed by atoms with Crippen molar-refractivity contribution in [1.29, 1.82) is 0 Å². The van der Waals surface area contributed by atoms with Crippen LogP contribution in [0, 0.1) is 6.92 Å². The Labute approximate surface area is 145 Å². The Bertz CT molecular complexity index is 704. The first-order valence-corrected chi connectivity index (χ1v) is 7.77. The molecule has 0 aliphatic heterocycles. The molecule has 0 spiro atoms. The van der Waals surface area contributed by atoms with E-state index in [2.05, 4.69) is 5.32 Å². The first-order valence-electron chi connectivity index (χ1n) is 7.02. The van der Waals surface area contributed by atoms with E-state index in [1.165, 1.54) is 7.11 Å². The highest BCUT2D eigenvalue weighted by Crippen LogP contribution is 2.22. The van der Waals surface area contributed by atoms with Crippen LogP contribution in [0.1, 0.15) is 15.9 Å². The summed E-state index contributed by atoms with van der Waals surface area (Å²) < 4.78 is 10.4. The fourth-order valence-electron chi connectivity index (χ4n) is 2.01. The minimum Gasteiger partial charge on any atom is -0.492 e. The first-order chi connectivity index (χ1) is 11.0. The van der Waals surface area contributed by atoms with Gasteiger partial charge in [-0.05, 0) is 48.9 Å². The molecule has 122 valence electrons. The number of nitrogens with one attached hydrogen (secondary N) is 1. The molecular weight excluding hydrogens is 337 g/mol. The van der Waals surface area contributed by atoms with Gasteiger partial charge in [-0.15, -0.1) is 0 Å². The number of benzene rings is 2. The predicted molar refractivity (Wildman–Crippen MR) is 93.0 cm³/mol. The summed E-state index contributed by atoms with van der Waals surface area (Å²) in [6.07, 6.45) is 0. The van der Waals surface area contributed by atoms with E-state index in [-0.39, 0.29) is 0 Å². The SMILES string of the molecule is COC(=O)c1cc(Cl)ccc1NCCOc1ccc(Cl)c(C)c1. The van der Waals surface area contributed by atoms with Gasteiger partial charge in [-0.3, -0.25) is 0 Å². The van der Waals surface area contributed by atoms with E-state index in [9.17, 15) is 4.79 Å². The third kappa shape index (κ3) is 4.78. The van der Waals surface area contributed by atoms with Gasteiger partial charge in [0.15, 0.2) is 0 Å². The highest BCUT2D eigenvalue weighted by atomic mass is 35.5. The van der Waals surface area contributed by atoms with Crippen molar-refractivity contribution in [3.05, 3.63) is 57.6 Å². The second-order valence-corrected chi connectivity index (χ2v) is 5.71. The van der Waals surface area contributed by atoms with Crippen molar-refractivity contribution in [2.45, 2.75) is 6.92 Å². The van der Waals surface area contributed by atoms with Gasteiger partial charge in [0.05, 0.1) is 12.7 Å². The quantitative estimate of drug-likeness (QED) is 0.609. The minimum atomic E-state index is -0.441. The summed E-state index contributed by atoms with van der Waals surface area (Å²) in [7, 11) is 1.33. The number of halogens is 2. The molecule has 0 amide bonds. The van der Waals surface area contributed by atoms with Gasteiger partial charge in [0, 0.05) is 22.3 Å². The second kappa shape index (κ2) is 8.09. The summed E-state index contributed by atoms with van der Waals surface area (Å²) in [5.41, 5.74) is 2.00. The predicted octanol–water partition coefficient (Wildman–Crippen LogP) is 4.58. The summed E-state index contributed by atoms with van der Waals surface area (Å²) in [6.45, 7) is 2.88. The number of ether oxygens (including phenoxy) is 2. The minimum absolute atomic E-state index is 0.391. The van der Waals surface area contributed by atoms with Crippen LogP contribution in [-0.2, 0) is 4.74 Å². The Morgan fingerprint density at radius 3 is 2.65 bits per heavy atom. The topological polar surface area (TPSA) is 47.6 Å². The van der Waals surface area contributed by atoms with Gasteiger partial charge in [0.25, 0.3) is 0 Å². The number of hydrogen-bond donors (Lipinski definition) is 1. The number of carbonyl (C=O) groups is 1.